The molecule has 0 bridgehead atoms. The maximum atomic E-state index is 10.7. The van der Waals surface area contributed by atoms with E-state index >= 15 is 0 Å². The van der Waals surface area contributed by atoms with Gasteiger partial charge in [0.1, 0.15) is 6.10 Å². The monoisotopic (exact) mass is 310 g/mol. The van der Waals surface area contributed by atoms with E-state index in [4.69, 9.17) is 5.11 Å². The highest BCUT2D eigenvalue weighted by atomic mass is 79.9. The van der Waals surface area contributed by atoms with Gasteiger partial charge in [-0.2, -0.15) is 0 Å². The Morgan fingerprint density at radius 3 is 2.44 bits per heavy atom. The minimum Gasteiger partial charge on any atom is -0.479 e. The third kappa shape index (κ3) is 2.25. The Bertz CT molecular complexity index is 597. The van der Waals surface area contributed by atoms with Gasteiger partial charge >= 0.3 is 5.97 Å². The molecule has 0 radical (unpaired) electrons. The molecule has 2 rings (SSSR count). The lowest BCUT2D eigenvalue weighted by molar-refractivity contribution is -0.153. The first-order valence-electron chi connectivity index (χ1n) is 5.28. The topological polar surface area (TPSA) is 77.8 Å². The third-order valence-corrected chi connectivity index (χ3v) is 3.65. The van der Waals surface area contributed by atoms with Crippen molar-refractivity contribution in [2.75, 3.05) is 0 Å². The van der Waals surface area contributed by atoms with E-state index < -0.39 is 18.2 Å². The van der Waals surface area contributed by atoms with Crippen LogP contribution in [0.2, 0.25) is 0 Å². The molecule has 0 fully saturated rings. The number of fused-ring (bicyclic) bond motifs is 1. The number of aliphatic hydroxyl groups is 2. The molecule has 0 aliphatic rings. The Morgan fingerprint density at radius 1 is 1.11 bits per heavy atom. The van der Waals surface area contributed by atoms with E-state index in [0.29, 0.717) is 10.0 Å². The molecular formula is C13H11BrO4. The fourth-order valence-electron chi connectivity index (χ4n) is 1.78. The summed E-state index contributed by atoms with van der Waals surface area (Å²) in [5.41, 5.74) is 0.351. The van der Waals surface area contributed by atoms with Crippen LogP contribution in [0.4, 0.5) is 0 Å². The van der Waals surface area contributed by atoms with E-state index in [1.54, 1.807) is 12.1 Å². The van der Waals surface area contributed by atoms with Gasteiger partial charge in [-0.3, -0.25) is 0 Å². The lowest BCUT2D eigenvalue weighted by Gasteiger charge is -2.17. The molecular weight excluding hydrogens is 300 g/mol. The molecule has 2 unspecified atom stereocenters. The average Bonchev–Trinajstić information content (AvgIpc) is 2.37. The zero-order valence-corrected chi connectivity index (χ0v) is 10.8. The first kappa shape index (κ1) is 13.0. The second-order valence-electron chi connectivity index (χ2n) is 3.92. The molecule has 94 valence electrons. The molecule has 0 spiro atoms. The highest BCUT2D eigenvalue weighted by Crippen LogP contribution is 2.32. The van der Waals surface area contributed by atoms with Crippen molar-refractivity contribution in [3.63, 3.8) is 0 Å². The van der Waals surface area contributed by atoms with Gasteiger partial charge in [0.15, 0.2) is 6.10 Å². The summed E-state index contributed by atoms with van der Waals surface area (Å²) < 4.78 is 0.591. The lowest BCUT2D eigenvalue weighted by atomic mass is 10.0. The zero-order valence-electron chi connectivity index (χ0n) is 9.25. The van der Waals surface area contributed by atoms with Crippen molar-refractivity contribution in [1.29, 1.82) is 0 Å². The van der Waals surface area contributed by atoms with Crippen LogP contribution in [0.5, 0.6) is 0 Å². The molecule has 0 aromatic heterocycles. The molecule has 0 aliphatic heterocycles. The molecule has 2 aromatic rings. The Morgan fingerprint density at radius 2 is 1.78 bits per heavy atom. The number of benzene rings is 2. The van der Waals surface area contributed by atoms with E-state index in [2.05, 4.69) is 15.9 Å². The van der Waals surface area contributed by atoms with Crippen LogP contribution in [0.15, 0.2) is 40.9 Å². The Kier molecular flexibility index (Phi) is 3.65. The van der Waals surface area contributed by atoms with Crippen molar-refractivity contribution in [2.24, 2.45) is 0 Å². The van der Waals surface area contributed by atoms with E-state index in [0.717, 1.165) is 10.8 Å². The van der Waals surface area contributed by atoms with Crippen LogP contribution in [0.3, 0.4) is 0 Å². The largest absolute Gasteiger partial charge is 0.479 e. The predicted octanol–water partition coefficient (Wildman–Crippen LogP) is 2.08. The highest BCUT2D eigenvalue weighted by Gasteiger charge is 2.27. The minimum atomic E-state index is -1.84. The maximum absolute atomic E-state index is 10.7. The fraction of sp³-hybridized carbons (Fsp3) is 0.154. The maximum Gasteiger partial charge on any atom is 0.335 e. The van der Waals surface area contributed by atoms with Gasteiger partial charge in [-0.25, -0.2) is 4.79 Å². The van der Waals surface area contributed by atoms with E-state index in [1.807, 2.05) is 24.3 Å². The number of hydrogen-bond acceptors (Lipinski definition) is 3. The van der Waals surface area contributed by atoms with Gasteiger partial charge in [0, 0.05) is 4.47 Å². The Labute approximate surface area is 112 Å². The minimum absolute atomic E-state index is 0.351. The second kappa shape index (κ2) is 5.06. The van der Waals surface area contributed by atoms with Crippen molar-refractivity contribution in [3.8, 4) is 0 Å². The van der Waals surface area contributed by atoms with Crippen molar-refractivity contribution >= 4 is 32.7 Å². The fourth-order valence-corrected chi connectivity index (χ4v) is 2.51. The van der Waals surface area contributed by atoms with Gasteiger partial charge in [0.2, 0.25) is 0 Å². The van der Waals surface area contributed by atoms with E-state index in [9.17, 15) is 15.0 Å². The number of rotatable bonds is 3. The van der Waals surface area contributed by atoms with Crippen LogP contribution in [-0.2, 0) is 4.79 Å². The van der Waals surface area contributed by atoms with Crippen LogP contribution in [-0.4, -0.2) is 27.4 Å². The molecule has 4 nitrogen and oxygen atoms in total. The molecule has 0 amide bonds. The number of hydrogen-bond donors (Lipinski definition) is 3. The van der Waals surface area contributed by atoms with Gasteiger partial charge in [0.05, 0.1) is 0 Å². The highest BCUT2D eigenvalue weighted by molar-refractivity contribution is 9.10. The molecule has 18 heavy (non-hydrogen) atoms. The summed E-state index contributed by atoms with van der Waals surface area (Å²) in [5.74, 6) is -1.46. The molecule has 0 aliphatic carbocycles. The summed E-state index contributed by atoms with van der Waals surface area (Å²) in [6, 6.07) is 10.9. The predicted molar refractivity (Wildman–Crippen MR) is 70.3 cm³/mol. The molecule has 3 N–H and O–H groups in total. The smallest absolute Gasteiger partial charge is 0.335 e. The Hall–Kier alpha value is -1.43. The quantitative estimate of drug-likeness (QED) is 0.811. The Balaban J connectivity index is 2.52. The normalized spacial score (nSPS) is 14.4. The average molecular weight is 311 g/mol. The van der Waals surface area contributed by atoms with Crippen molar-refractivity contribution in [2.45, 2.75) is 12.2 Å². The van der Waals surface area contributed by atoms with Crippen LogP contribution >= 0.6 is 15.9 Å². The van der Waals surface area contributed by atoms with E-state index in [-0.39, 0.29) is 0 Å². The molecule has 2 atom stereocenters. The second-order valence-corrected chi connectivity index (χ2v) is 4.71. The number of aliphatic carboxylic acids is 1. The summed E-state index contributed by atoms with van der Waals surface area (Å²) in [5, 5.41) is 29.7. The van der Waals surface area contributed by atoms with Crippen LogP contribution in [0.1, 0.15) is 11.7 Å². The first-order chi connectivity index (χ1) is 8.52. The standard InChI is InChI=1S/C13H11BrO4/c14-10-8-4-2-1-3-7(8)5-6-9(10)11(15)12(16)13(17)18/h1-6,11-12,15-16H,(H,17,18). The van der Waals surface area contributed by atoms with Gasteiger partial charge in [-0.05, 0) is 32.3 Å². The van der Waals surface area contributed by atoms with Gasteiger partial charge in [-0.1, -0.05) is 36.4 Å². The lowest BCUT2D eigenvalue weighted by Crippen LogP contribution is -2.27. The third-order valence-electron chi connectivity index (χ3n) is 2.76. The molecule has 0 heterocycles. The molecule has 0 saturated carbocycles. The van der Waals surface area contributed by atoms with Gasteiger partial charge < -0.3 is 15.3 Å². The zero-order chi connectivity index (χ0) is 13.3. The molecule has 0 saturated heterocycles. The van der Waals surface area contributed by atoms with Crippen molar-refractivity contribution in [1.82, 2.24) is 0 Å². The van der Waals surface area contributed by atoms with Crippen LogP contribution in [0, 0.1) is 0 Å². The number of carboxylic acid groups (broad SMARTS) is 1. The SMILES string of the molecule is O=C(O)C(O)C(O)c1ccc2ccccc2c1Br. The molecule has 5 heteroatoms. The summed E-state index contributed by atoms with van der Waals surface area (Å²) >= 11 is 3.34. The number of carboxylic acids is 1. The number of halogens is 1. The van der Waals surface area contributed by atoms with Gasteiger partial charge in [-0.15, -0.1) is 0 Å². The van der Waals surface area contributed by atoms with Gasteiger partial charge in [0.25, 0.3) is 0 Å². The number of carbonyl (C=O) groups is 1. The summed E-state index contributed by atoms with van der Waals surface area (Å²) in [7, 11) is 0. The first-order valence-corrected chi connectivity index (χ1v) is 6.07. The van der Waals surface area contributed by atoms with E-state index in [1.165, 1.54) is 0 Å². The van der Waals surface area contributed by atoms with Crippen molar-refractivity contribution < 1.29 is 20.1 Å². The summed E-state index contributed by atoms with van der Waals surface area (Å²) in [6.45, 7) is 0. The summed E-state index contributed by atoms with van der Waals surface area (Å²) in [4.78, 5) is 10.7. The van der Waals surface area contributed by atoms with Crippen LogP contribution in [0.25, 0.3) is 10.8 Å². The van der Waals surface area contributed by atoms with Crippen molar-refractivity contribution in [3.05, 3.63) is 46.4 Å². The molecule has 2 aromatic carbocycles. The number of aliphatic hydroxyl groups excluding tert-OH is 2. The summed E-state index contributed by atoms with van der Waals surface area (Å²) in [6.07, 6.45) is -3.32. The van der Waals surface area contributed by atoms with Crippen LogP contribution < -0.4 is 0 Å².